The van der Waals surface area contributed by atoms with E-state index in [1.807, 2.05) is 34.6 Å². The molecule has 0 aliphatic carbocycles. The summed E-state index contributed by atoms with van der Waals surface area (Å²) in [4.78, 5) is 41.6. The summed E-state index contributed by atoms with van der Waals surface area (Å²) in [5.41, 5.74) is -1.02. The van der Waals surface area contributed by atoms with Crippen LogP contribution in [0.2, 0.25) is 0 Å². The van der Waals surface area contributed by atoms with Crippen LogP contribution in [0.5, 0.6) is 5.75 Å². The van der Waals surface area contributed by atoms with Crippen molar-refractivity contribution in [2.45, 2.75) is 105 Å². The zero-order valence-corrected chi connectivity index (χ0v) is 22.9. The van der Waals surface area contributed by atoms with Gasteiger partial charge < -0.3 is 25.4 Å². The number of hydrogen-bond acceptors (Lipinski definition) is 5. The third kappa shape index (κ3) is 9.78. The molecule has 8 nitrogen and oxygen atoms in total. The molecule has 0 fully saturated rings. The molecular formula is C27H45N3O5. The third-order valence-corrected chi connectivity index (χ3v) is 5.34. The van der Waals surface area contributed by atoms with E-state index in [0.717, 1.165) is 19.3 Å². The van der Waals surface area contributed by atoms with Crippen molar-refractivity contribution in [3.63, 3.8) is 0 Å². The molecule has 0 radical (unpaired) electrons. The molecule has 1 aromatic carbocycles. The van der Waals surface area contributed by atoms with Gasteiger partial charge in [-0.2, -0.15) is 0 Å². The van der Waals surface area contributed by atoms with Crippen molar-refractivity contribution in [2.24, 2.45) is 5.92 Å². The predicted molar refractivity (Wildman–Crippen MR) is 138 cm³/mol. The van der Waals surface area contributed by atoms with E-state index in [0.29, 0.717) is 12.1 Å². The number of carbonyl (C=O) groups is 3. The predicted octanol–water partition coefficient (Wildman–Crippen LogP) is 4.92. The van der Waals surface area contributed by atoms with Crippen LogP contribution in [0.25, 0.3) is 0 Å². The maximum absolute atomic E-state index is 14.0. The number of aromatic hydroxyl groups is 1. The highest BCUT2D eigenvalue weighted by molar-refractivity contribution is 5.92. The topological polar surface area (TPSA) is 108 Å². The number of phenols is 1. The van der Waals surface area contributed by atoms with Gasteiger partial charge >= 0.3 is 6.09 Å². The number of phenolic OH excluding ortho intramolecular Hbond substituents is 1. The summed E-state index contributed by atoms with van der Waals surface area (Å²) in [6.07, 6.45) is 2.13. The number of amides is 3. The van der Waals surface area contributed by atoms with Gasteiger partial charge in [0.25, 0.3) is 0 Å². The van der Waals surface area contributed by atoms with Crippen LogP contribution in [0.15, 0.2) is 24.3 Å². The van der Waals surface area contributed by atoms with Gasteiger partial charge in [0.2, 0.25) is 11.8 Å². The minimum absolute atomic E-state index is 0.000110. The molecule has 198 valence electrons. The zero-order valence-electron chi connectivity index (χ0n) is 22.9. The van der Waals surface area contributed by atoms with Gasteiger partial charge in [0.15, 0.2) is 0 Å². The van der Waals surface area contributed by atoms with Crippen LogP contribution in [0.3, 0.4) is 0 Å². The van der Waals surface area contributed by atoms with Crippen molar-refractivity contribution in [3.05, 3.63) is 29.8 Å². The highest BCUT2D eigenvalue weighted by Gasteiger charge is 2.42. The van der Waals surface area contributed by atoms with E-state index in [1.165, 1.54) is 17.0 Å². The Morgan fingerprint density at radius 2 is 1.69 bits per heavy atom. The van der Waals surface area contributed by atoms with Gasteiger partial charge in [-0.25, -0.2) is 4.79 Å². The van der Waals surface area contributed by atoms with Crippen LogP contribution in [0, 0.1) is 5.92 Å². The minimum atomic E-state index is -1.00. The number of hydrogen-bond donors (Lipinski definition) is 3. The van der Waals surface area contributed by atoms with Gasteiger partial charge in [0.05, 0.1) is 0 Å². The molecule has 0 bridgehead atoms. The summed E-state index contributed by atoms with van der Waals surface area (Å²) in [7, 11) is 0. The van der Waals surface area contributed by atoms with Crippen LogP contribution in [-0.4, -0.2) is 51.6 Å². The molecule has 0 aromatic heterocycles. The van der Waals surface area contributed by atoms with Gasteiger partial charge in [-0.1, -0.05) is 45.7 Å². The Morgan fingerprint density at radius 1 is 1.06 bits per heavy atom. The number of benzene rings is 1. The molecule has 0 saturated heterocycles. The summed E-state index contributed by atoms with van der Waals surface area (Å²) in [5, 5.41) is 15.8. The maximum atomic E-state index is 14.0. The van der Waals surface area contributed by atoms with Gasteiger partial charge in [0, 0.05) is 12.1 Å². The third-order valence-electron chi connectivity index (χ3n) is 5.34. The van der Waals surface area contributed by atoms with E-state index < -0.39 is 35.2 Å². The lowest BCUT2D eigenvalue weighted by atomic mass is 9.93. The van der Waals surface area contributed by atoms with Crippen molar-refractivity contribution in [2.75, 3.05) is 6.54 Å². The highest BCUT2D eigenvalue weighted by Crippen LogP contribution is 2.32. The van der Waals surface area contributed by atoms with Crippen LogP contribution < -0.4 is 10.6 Å². The molecule has 35 heavy (non-hydrogen) atoms. The Hall–Kier alpha value is -2.77. The summed E-state index contributed by atoms with van der Waals surface area (Å²) in [6, 6.07) is 4.45. The number of nitrogens with one attached hydrogen (secondary N) is 2. The Bertz CT molecular complexity index is 855. The van der Waals surface area contributed by atoms with Crippen LogP contribution in [0.4, 0.5) is 4.79 Å². The van der Waals surface area contributed by atoms with Crippen molar-refractivity contribution in [3.8, 4) is 5.75 Å². The molecule has 3 amide bonds. The monoisotopic (exact) mass is 491 g/mol. The quantitative estimate of drug-likeness (QED) is 0.403. The van der Waals surface area contributed by atoms with E-state index in [9.17, 15) is 19.5 Å². The number of ether oxygens (including phenoxy) is 1. The van der Waals surface area contributed by atoms with Crippen LogP contribution >= 0.6 is 0 Å². The first-order valence-corrected chi connectivity index (χ1v) is 12.5. The second-order valence-electron chi connectivity index (χ2n) is 11.2. The first-order chi connectivity index (χ1) is 16.1. The standard InChI is InChI=1S/C27H45N3O5/c1-10-11-12-16-28-23(32)22(19-14-13-15-20(31)17-19)30(26(4,5)6)24(33)21(18(2)3)29-25(34)35-27(7,8)9/h13-15,17-18,21-22,31H,10-12,16H2,1-9H3,(H,28,32)(H,29,34). The van der Waals surface area contributed by atoms with Crippen LogP contribution in [-0.2, 0) is 14.3 Å². The molecule has 1 rings (SSSR count). The number of nitrogens with zero attached hydrogens (tertiary/aromatic N) is 1. The molecule has 0 aliphatic rings. The number of rotatable bonds is 10. The lowest BCUT2D eigenvalue weighted by Crippen LogP contribution is -2.59. The second-order valence-corrected chi connectivity index (χ2v) is 11.2. The Balaban J connectivity index is 3.46. The van der Waals surface area contributed by atoms with Crippen molar-refractivity contribution < 1.29 is 24.2 Å². The van der Waals surface area contributed by atoms with Gasteiger partial charge in [0.1, 0.15) is 23.4 Å². The lowest BCUT2D eigenvalue weighted by molar-refractivity contribution is -0.149. The summed E-state index contributed by atoms with van der Waals surface area (Å²) in [5.74, 6) is -1.01. The summed E-state index contributed by atoms with van der Waals surface area (Å²) >= 11 is 0. The molecule has 2 unspecified atom stereocenters. The smallest absolute Gasteiger partial charge is 0.408 e. The first kappa shape index (κ1) is 30.3. The Morgan fingerprint density at radius 3 is 2.17 bits per heavy atom. The maximum Gasteiger partial charge on any atom is 0.408 e. The fraction of sp³-hybridized carbons (Fsp3) is 0.667. The van der Waals surface area contributed by atoms with Gasteiger partial charge in [-0.05, 0) is 71.6 Å². The molecule has 0 aliphatic heterocycles. The fourth-order valence-corrected chi connectivity index (χ4v) is 3.74. The van der Waals surface area contributed by atoms with Crippen molar-refractivity contribution in [1.82, 2.24) is 15.5 Å². The fourth-order valence-electron chi connectivity index (χ4n) is 3.74. The highest BCUT2D eigenvalue weighted by atomic mass is 16.6. The van der Waals surface area contributed by atoms with Crippen LogP contribution in [0.1, 0.15) is 93.2 Å². The second kappa shape index (κ2) is 12.8. The number of carbonyl (C=O) groups excluding carboxylic acids is 3. The van der Waals surface area contributed by atoms with Crippen molar-refractivity contribution >= 4 is 17.9 Å². The van der Waals surface area contributed by atoms with Gasteiger partial charge in [-0.3, -0.25) is 9.59 Å². The van der Waals surface area contributed by atoms with E-state index in [1.54, 1.807) is 32.9 Å². The summed E-state index contributed by atoms with van der Waals surface area (Å²) < 4.78 is 5.39. The number of unbranched alkanes of at least 4 members (excludes halogenated alkanes) is 2. The lowest BCUT2D eigenvalue weighted by Gasteiger charge is -2.43. The van der Waals surface area contributed by atoms with E-state index in [-0.39, 0.29) is 17.6 Å². The SMILES string of the molecule is CCCCCNC(=O)C(c1cccc(O)c1)N(C(=O)C(NC(=O)OC(C)(C)C)C(C)C)C(C)(C)C. The molecule has 0 heterocycles. The zero-order chi connectivity index (χ0) is 27.0. The van der Waals surface area contributed by atoms with E-state index >= 15 is 0 Å². The molecule has 0 spiro atoms. The average Bonchev–Trinajstić information content (AvgIpc) is 2.70. The molecule has 3 N–H and O–H groups in total. The largest absolute Gasteiger partial charge is 0.508 e. The minimum Gasteiger partial charge on any atom is -0.508 e. The normalized spacial score (nSPS) is 13.7. The molecule has 2 atom stereocenters. The Kier molecular flexibility index (Phi) is 11.1. The van der Waals surface area contributed by atoms with E-state index in [2.05, 4.69) is 17.6 Å². The van der Waals surface area contributed by atoms with Gasteiger partial charge in [-0.15, -0.1) is 0 Å². The van der Waals surface area contributed by atoms with Crippen molar-refractivity contribution in [1.29, 1.82) is 0 Å². The molecule has 1 aromatic rings. The molecular weight excluding hydrogens is 446 g/mol. The first-order valence-electron chi connectivity index (χ1n) is 12.5. The average molecular weight is 492 g/mol. The molecule has 0 saturated carbocycles. The van der Waals surface area contributed by atoms with E-state index in [4.69, 9.17) is 4.74 Å². The Labute approximate surface area is 210 Å². The number of alkyl carbamates (subject to hydrolysis) is 1. The molecule has 8 heteroatoms. The summed E-state index contributed by atoms with van der Waals surface area (Å²) in [6.45, 7) is 17.0.